The largest absolute Gasteiger partial charge is 0.308 e. The van der Waals surface area contributed by atoms with Crippen molar-refractivity contribution in [2.24, 2.45) is 0 Å². The van der Waals surface area contributed by atoms with E-state index in [1.165, 1.54) is 6.11 Å². The second kappa shape index (κ2) is 5.06. The first-order valence-electron chi connectivity index (χ1n) is 1.87. The Bertz CT molecular complexity index is 206. The summed E-state index contributed by atoms with van der Waals surface area (Å²) in [7, 11) is 0. The van der Waals surface area contributed by atoms with Crippen molar-refractivity contribution >= 4 is 0 Å². The van der Waals surface area contributed by atoms with Gasteiger partial charge in [-0.3, -0.25) is 0 Å². The molecule has 0 amide bonds. The van der Waals surface area contributed by atoms with Gasteiger partial charge in [0, 0.05) is 0 Å². The van der Waals surface area contributed by atoms with Gasteiger partial charge in [-0.2, -0.15) is 0 Å². The van der Waals surface area contributed by atoms with Gasteiger partial charge in [0.1, 0.15) is 6.11 Å². The number of rotatable bonds is 2. The minimum Gasteiger partial charge on any atom is -0.225 e. The molecular formula is C4HNO5. The maximum atomic E-state index is 9.38. The van der Waals surface area contributed by atoms with E-state index in [-0.39, 0.29) is 0 Å². The lowest BCUT2D eigenvalue weighted by atomic mass is 11.2. The maximum absolute atomic E-state index is 9.38. The average molecular weight is 143 g/mol. The van der Waals surface area contributed by atoms with E-state index in [0.717, 1.165) is 0 Å². The fourth-order valence-corrected chi connectivity index (χ4v) is 0.118. The molecule has 0 atom stereocenters. The van der Waals surface area contributed by atoms with Crippen molar-refractivity contribution in [1.82, 2.24) is 0 Å². The average Bonchev–Trinajstić information content (AvgIpc) is 1.87. The quantitative estimate of drug-likeness (QED) is 0.174. The lowest BCUT2D eigenvalue weighted by molar-refractivity contribution is -0.731. The zero-order valence-electron chi connectivity index (χ0n) is 4.57. The highest BCUT2D eigenvalue weighted by Gasteiger charge is 1.85. The van der Waals surface area contributed by atoms with E-state index in [1.807, 2.05) is 0 Å². The summed E-state index contributed by atoms with van der Waals surface area (Å²) in [6.07, 6.45) is 9.30. The van der Waals surface area contributed by atoms with Crippen LogP contribution in [0.4, 0.5) is 0 Å². The Kier molecular flexibility index (Phi) is 4.01. The smallest absolute Gasteiger partial charge is 0.225 e. The minimum absolute atomic E-state index is 1.10. The summed E-state index contributed by atoms with van der Waals surface area (Å²) in [6, 6.07) is 0. The van der Waals surface area contributed by atoms with Crippen molar-refractivity contribution in [3.8, 4) is 24.7 Å². The van der Waals surface area contributed by atoms with Gasteiger partial charge in [0.2, 0.25) is 6.11 Å². The van der Waals surface area contributed by atoms with Crippen LogP contribution in [0.3, 0.4) is 0 Å². The topological polar surface area (TPSA) is 70.8 Å². The monoisotopic (exact) mass is 143 g/mol. The summed E-state index contributed by atoms with van der Waals surface area (Å²) >= 11 is 0. The van der Waals surface area contributed by atoms with Gasteiger partial charge in [-0.25, -0.2) is 14.6 Å². The number of nitrogens with zero attached hydrogens (tertiary/aromatic N) is 1. The maximum Gasteiger partial charge on any atom is 0.308 e. The summed E-state index contributed by atoms with van der Waals surface area (Å²) in [5.74, 6) is 0. The third-order valence-electron chi connectivity index (χ3n) is 0.293. The zero-order chi connectivity index (χ0) is 7.82. The second-order valence-electron chi connectivity index (χ2n) is 0.804. The zero-order valence-corrected chi connectivity index (χ0v) is 4.57. The molecule has 0 radical (unpaired) electrons. The van der Waals surface area contributed by atoms with Crippen molar-refractivity contribution in [1.29, 1.82) is 0 Å². The molecule has 0 aliphatic carbocycles. The Hall–Kier alpha value is -2.08. The molecule has 0 aliphatic rings. The van der Waals surface area contributed by atoms with Gasteiger partial charge in [0.15, 0.2) is 6.11 Å². The van der Waals surface area contributed by atoms with Gasteiger partial charge >= 0.3 is 5.09 Å². The van der Waals surface area contributed by atoms with E-state index in [9.17, 15) is 10.1 Å². The molecule has 0 heterocycles. The van der Waals surface area contributed by atoms with Crippen LogP contribution in [-0.2, 0) is 14.6 Å². The Morgan fingerprint density at radius 2 is 2.10 bits per heavy atom. The van der Waals surface area contributed by atoms with Crippen LogP contribution in [0.1, 0.15) is 0 Å². The van der Waals surface area contributed by atoms with Crippen molar-refractivity contribution in [3.63, 3.8) is 0 Å². The molecule has 0 rings (SSSR count). The van der Waals surface area contributed by atoms with E-state index in [0.29, 0.717) is 0 Å². The van der Waals surface area contributed by atoms with E-state index < -0.39 is 5.09 Å². The van der Waals surface area contributed by atoms with E-state index >= 15 is 0 Å². The van der Waals surface area contributed by atoms with Crippen LogP contribution in [0.25, 0.3) is 0 Å². The van der Waals surface area contributed by atoms with Crippen molar-refractivity contribution in [2.45, 2.75) is 0 Å². The third kappa shape index (κ3) is 5.92. The van der Waals surface area contributed by atoms with Crippen LogP contribution in [0.5, 0.6) is 0 Å². The van der Waals surface area contributed by atoms with Gasteiger partial charge in [0.05, 0.1) is 0 Å². The molecule has 0 aromatic rings. The predicted octanol–water partition coefficient (Wildman–Crippen LogP) is -0.348. The van der Waals surface area contributed by atoms with Crippen LogP contribution < -0.4 is 0 Å². The molecule has 0 unspecified atom stereocenters. The number of hydrogen-bond donors (Lipinski definition) is 0. The minimum atomic E-state index is -1.10. The SMILES string of the molecule is C#COOC#CO[N+](=O)[O-]. The first-order valence-corrected chi connectivity index (χ1v) is 1.87. The summed E-state index contributed by atoms with van der Waals surface area (Å²) < 4.78 is 0. The number of hydrogen-bond acceptors (Lipinski definition) is 5. The van der Waals surface area contributed by atoms with Gasteiger partial charge in [-0.1, -0.05) is 6.42 Å². The molecule has 0 bridgehead atoms. The lowest BCUT2D eigenvalue weighted by Crippen LogP contribution is -1.92. The molecule has 0 aliphatic heterocycles. The molecular weight excluding hydrogens is 142 g/mol. The normalized spacial score (nSPS) is 5.90. The summed E-state index contributed by atoms with van der Waals surface area (Å²) in [4.78, 5) is 20.4. The van der Waals surface area contributed by atoms with E-state index in [4.69, 9.17) is 0 Å². The third-order valence-corrected chi connectivity index (χ3v) is 0.293. The van der Waals surface area contributed by atoms with Gasteiger partial charge in [-0.15, -0.1) is 10.1 Å². The highest BCUT2D eigenvalue weighted by atomic mass is 17.2. The van der Waals surface area contributed by atoms with E-state index in [2.05, 4.69) is 21.0 Å². The van der Waals surface area contributed by atoms with E-state index in [1.54, 1.807) is 12.2 Å². The van der Waals surface area contributed by atoms with Crippen LogP contribution in [0, 0.1) is 34.9 Å². The molecule has 52 valence electrons. The first-order chi connectivity index (χ1) is 4.77. The Labute approximate surface area is 55.7 Å². The molecule has 10 heavy (non-hydrogen) atoms. The molecule has 0 aromatic heterocycles. The first kappa shape index (κ1) is 7.92. The molecule has 0 N–H and O–H groups in total. The van der Waals surface area contributed by atoms with Crippen LogP contribution in [0.2, 0.25) is 0 Å². The molecule has 0 spiro atoms. The molecule has 6 nitrogen and oxygen atoms in total. The van der Waals surface area contributed by atoms with Crippen LogP contribution >= 0.6 is 0 Å². The van der Waals surface area contributed by atoms with Gasteiger partial charge in [0.25, 0.3) is 0 Å². The van der Waals surface area contributed by atoms with Gasteiger partial charge < -0.3 is 0 Å². The molecule has 6 heteroatoms. The Morgan fingerprint density at radius 1 is 1.40 bits per heavy atom. The standard InChI is InChI=1S/C4HNO5/c1-2-9-10-4-3-8-5(6)7/h1H. The Morgan fingerprint density at radius 3 is 2.60 bits per heavy atom. The molecule has 0 saturated heterocycles. The summed E-state index contributed by atoms with van der Waals surface area (Å²) in [6.45, 7) is 0. The second-order valence-corrected chi connectivity index (χ2v) is 0.804. The van der Waals surface area contributed by atoms with Crippen molar-refractivity contribution in [2.75, 3.05) is 0 Å². The fourth-order valence-electron chi connectivity index (χ4n) is 0.118. The Balaban J connectivity index is 3.34. The molecule has 0 saturated carbocycles. The van der Waals surface area contributed by atoms with Crippen LogP contribution in [0.15, 0.2) is 0 Å². The van der Waals surface area contributed by atoms with Gasteiger partial charge in [-0.05, 0) is 0 Å². The van der Waals surface area contributed by atoms with Crippen molar-refractivity contribution in [3.05, 3.63) is 10.1 Å². The van der Waals surface area contributed by atoms with Crippen LogP contribution in [-0.4, -0.2) is 5.09 Å². The summed E-state index contributed by atoms with van der Waals surface area (Å²) in [5, 5.41) is 8.27. The lowest BCUT2D eigenvalue weighted by Gasteiger charge is -1.82. The predicted molar refractivity (Wildman–Crippen MR) is 26.9 cm³/mol. The highest BCUT2D eigenvalue weighted by molar-refractivity contribution is 4.78. The highest BCUT2D eigenvalue weighted by Crippen LogP contribution is 1.71. The van der Waals surface area contributed by atoms with Crippen molar-refractivity contribution < 1.29 is 19.7 Å². The number of terminal acetylenes is 1. The molecule has 0 aromatic carbocycles. The molecule has 0 fully saturated rings. The summed E-state index contributed by atoms with van der Waals surface area (Å²) in [5.41, 5.74) is 0. The fraction of sp³-hybridized carbons (Fsp3) is 0.